The van der Waals surface area contributed by atoms with Crippen molar-refractivity contribution in [3.05, 3.63) is 29.8 Å². The number of aldehydes is 1. The Morgan fingerprint density at radius 1 is 1.31 bits per heavy atom. The fourth-order valence-corrected chi connectivity index (χ4v) is 2.89. The van der Waals surface area contributed by atoms with Crippen molar-refractivity contribution in [3.63, 3.8) is 0 Å². The number of benzene rings is 1. The van der Waals surface area contributed by atoms with Crippen LogP contribution in [-0.4, -0.2) is 36.4 Å². The summed E-state index contributed by atoms with van der Waals surface area (Å²) < 4.78 is 10.3. The number of carbonyl (C=O) groups is 3. The molecule has 0 aliphatic heterocycles. The Hall–Kier alpha value is -2.88. The van der Waals surface area contributed by atoms with E-state index in [2.05, 4.69) is 11.4 Å². The van der Waals surface area contributed by atoms with Gasteiger partial charge < -0.3 is 14.8 Å². The largest absolute Gasteiger partial charge is 0.481 e. The number of nitriles is 1. The molecule has 0 bridgehead atoms. The average molecular weight is 358 g/mol. The topological polar surface area (TPSA) is 105 Å². The summed E-state index contributed by atoms with van der Waals surface area (Å²) in [5.74, 6) is -0.972. The minimum Gasteiger partial charge on any atom is -0.481 e. The SMILES string of the molecule is C[C@H](OC(=O)COc1ccccc1C=O)C(=O)NC1(C#N)CCCCC1. The predicted octanol–water partition coefficient (Wildman–Crippen LogP) is 2.15. The number of amides is 1. The van der Waals surface area contributed by atoms with Crippen molar-refractivity contribution in [1.29, 1.82) is 5.26 Å². The number of ether oxygens (including phenoxy) is 2. The summed E-state index contributed by atoms with van der Waals surface area (Å²) in [6, 6.07) is 8.67. The van der Waals surface area contributed by atoms with Gasteiger partial charge in [-0.2, -0.15) is 5.26 Å². The first kappa shape index (κ1) is 19.4. The summed E-state index contributed by atoms with van der Waals surface area (Å²) in [6.45, 7) is 1.02. The van der Waals surface area contributed by atoms with Gasteiger partial charge in [-0.1, -0.05) is 31.4 Å². The number of esters is 1. The van der Waals surface area contributed by atoms with Gasteiger partial charge in [0.25, 0.3) is 5.91 Å². The molecule has 1 N–H and O–H groups in total. The normalized spacial score (nSPS) is 16.6. The van der Waals surface area contributed by atoms with Gasteiger partial charge >= 0.3 is 5.97 Å². The number of hydrogen-bond donors (Lipinski definition) is 1. The Morgan fingerprint density at radius 2 is 2.00 bits per heavy atom. The number of nitrogens with zero attached hydrogens (tertiary/aromatic N) is 1. The van der Waals surface area contributed by atoms with Crippen molar-refractivity contribution in [3.8, 4) is 11.8 Å². The number of rotatable bonds is 7. The highest BCUT2D eigenvalue weighted by atomic mass is 16.6. The molecule has 0 heterocycles. The van der Waals surface area contributed by atoms with Gasteiger partial charge in [-0.25, -0.2) is 4.79 Å². The molecule has 0 saturated heterocycles. The Morgan fingerprint density at radius 3 is 2.65 bits per heavy atom. The second-order valence-electron chi connectivity index (χ2n) is 6.32. The van der Waals surface area contributed by atoms with E-state index in [1.165, 1.54) is 6.92 Å². The second kappa shape index (κ2) is 8.99. The van der Waals surface area contributed by atoms with Crippen molar-refractivity contribution in [1.82, 2.24) is 5.32 Å². The molecule has 7 nitrogen and oxygen atoms in total. The Bertz CT molecular complexity index is 704. The molecule has 1 aliphatic carbocycles. The van der Waals surface area contributed by atoms with E-state index in [1.54, 1.807) is 24.3 Å². The molecular weight excluding hydrogens is 336 g/mol. The van der Waals surface area contributed by atoms with Crippen molar-refractivity contribution in [2.24, 2.45) is 0 Å². The number of hydrogen-bond acceptors (Lipinski definition) is 6. The van der Waals surface area contributed by atoms with Gasteiger partial charge in [0, 0.05) is 0 Å². The maximum absolute atomic E-state index is 12.3. The van der Waals surface area contributed by atoms with Crippen LogP contribution in [0.4, 0.5) is 0 Å². The van der Waals surface area contributed by atoms with E-state index in [-0.39, 0.29) is 5.75 Å². The highest BCUT2D eigenvalue weighted by molar-refractivity contribution is 5.85. The molecule has 1 saturated carbocycles. The van der Waals surface area contributed by atoms with Gasteiger partial charge in [0.05, 0.1) is 11.6 Å². The lowest BCUT2D eigenvalue weighted by atomic mass is 9.83. The van der Waals surface area contributed by atoms with Crippen LogP contribution in [-0.2, 0) is 14.3 Å². The third-order valence-electron chi connectivity index (χ3n) is 4.35. The fourth-order valence-electron chi connectivity index (χ4n) is 2.89. The van der Waals surface area contributed by atoms with Crippen LogP contribution in [0, 0.1) is 11.3 Å². The van der Waals surface area contributed by atoms with Crippen molar-refractivity contribution < 1.29 is 23.9 Å². The lowest BCUT2D eigenvalue weighted by molar-refractivity contribution is -0.157. The molecule has 1 atom stereocenters. The van der Waals surface area contributed by atoms with E-state index in [4.69, 9.17) is 9.47 Å². The van der Waals surface area contributed by atoms with E-state index in [0.717, 1.165) is 19.3 Å². The first-order chi connectivity index (χ1) is 12.5. The number of nitrogens with one attached hydrogen (secondary N) is 1. The van der Waals surface area contributed by atoms with Crippen molar-refractivity contribution in [2.45, 2.75) is 50.7 Å². The molecule has 0 radical (unpaired) electrons. The molecule has 1 aromatic carbocycles. The predicted molar refractivity (Wildman–Crippen MR) is 92.5 cm³/mol. The first-order valence-electron chi connectivity index (χ1n) is 8.59. The van der Waals surface area contributed by atoms with Crippen LogP contribution in [0.25, 0.3) is 0 Å². The zero-order valence-corrected chi connectivity index (χ0v) is 14.7. The van der Waals surface area contributed by atoms with E-state index >= 15 is 0 Å². The molecule has 0 spiro atoms. The van der Waals surface area contributed by atoms with Crippen LogP contribution in [0.2, 0.25) is 0 Å². The molecule has 0 aromatic heterocycles. The molecule has 1 aliphatic rings. The summed E-state index contributed by atoms with van der Waals surface area (Å²) in [5.41, 5.74) is -0.561. The monoisotopic (exact) mass is 358 g/mol. The number of carbonyl (C=O) groups excluding carboxylic acids is 3. The minimum absolute atomic E-state index is 0.266. The molecular formula is C19H22N2O5. The summed E-state index contributed by atoms with van der Waals surface area (Å²) in [7, 11) is 0. The molecule has 1 fully saturated rings. The molecule has 26 heavy (non-hydrogen) atoms. The van der Waals surface area contributed by atoms with Crippen LogP contribution in [0.1, 0.15) is 49.4 Å². The van der Waals surface area contributed by atoms with E-state index in [9.17, 15) is 19.6 Å². The third kappa shape index (κ3) is 5.06. The molecule has 7 heteroatoms. The maximum atomic E-state index is 12.3. The zero-order chi connectivity index (χ0) is 19.0. The quantitative estimate of drug-likeness (QED) is 0.591. The lowest BCUT2D eigenvalue weighted by Crippen LogP contribution is -2.52. The van der Waals surface area contributed by atoms with Gasteiger partial charge in [-0.05, 0) is 31.9 Å². The number of para-hydroxylation sites is 1. The highest BCUT2D eigenvalue weighted by Crippen LogP contribution is 2.27. The Balaban J connectivity index is 1.85. The summed E-state index contributed by atoms with van der Waals surface area (Å²) in [5, 5.41) is 12.1. The maximum Gasteiger partial charge on any atom is 0.344 e. The zero-order valence-electron chi connectivity index (χ0n) is 14.7. The second-order valence-corrected chi connectivity index (χ2v) is 6.32. The van der Waals surface area contributed by atoms with Crippen LogP contribution >= 0.6 is 0 Å². The van der Waals surface area contributed by atoms with E-state index < -0.39 is 30.1 Å². The van der Waals surface area contributed by atoms with Gasteiger partial charge in [0.2, 0.25) is 0 Å². The van der Waals surface area contributed by atoms with Crippen LogP contribution in [0.3, 0.4) is 0 Å². The third-order valence-corrected chi connectivity index (χ3v) is 4.35. The summed E-state index contributed by atoms with van der Waals surface area (Å²) in [4.78, 5) is 35.1. The van der Waals surface area contributed by atoms with Gasteiger partial charge in [0.1, 0.15) is 11.3 Å². The van der Waals surface area contributed by atoms with Crippen LogP contribution in [0.15, 0.2) is 24.3 Å². The van der Waals surface area contributed by atoms with Crippen molar-refractivity contribution in [2.75, 3.05) is 6.61 Å². The Labute approximate surface area is 152 Å². The first-order valence-corrected chi connectivity index (χ1v) is 8.59. The van der Waals surface area contributed by atoms with Crippen LogP contribution in [0.5, 0.6) is 5.75 Å². The lowest BCUT2D eigenvalue weighted by Gasteiger charge is -2.32. The summed E-state index contributed by atoms with van der Waals surface area (Å²) >= 11 is 0. The van der Waals surface area contributed by atoms with E-state index in [0.29, 0.717) is 24.7 Å². The van der Waals surface area contributed by atoms with Crippen molar-refractivity contribution >= 4 is 18.2 Å². The molecule has 1 amide bonds. The standard InChI is InChI=1S/C19H22N2O5/c1-14(18(24)21-19(13-20)9-5-2-6-10-19)26-17(23)12-25-16-8-4-3-7-15(16)11-22/h3-4,7-8,11,14H,2,5-6,9-10,12H2,1H3,(H,21,24)/t14-/m0/s1. The smallest absolute Gasteiger partial charge is 0.344 e. The van der Waals surface area contributed by atoms with E-state index in [1.807, 2.05) is 0 Å². The van der Waals surface area contributed by atoms with Gasteiger partial charge in [-0.3, -0.25) is 9.59 Å². The van der Waals surface area contributed by atoms with Gasteiger partial charge in [0.15, 0.2) is 19.0 Å². The highest BCUT2D eigenvalue weighted by Gasteiger charge is 2.35. The molecule has 1 aromatic rings. The molecule has 2 rings (SSSR count). The Kier molecular flexibility index (Phi) is 6.73. The molecule has 138 valence electrons. The van der Waals surface area contributed by atoms with Gasteiger partial charge in [-0.15, -0.1) is 0 Å². The van der Waals surface area contributed by atoms with Crippen LogP contribution < -0.4 is 10.1 Å². The molecule has 0 unspecified atom stereocenters. The summed E-state index contributed by atoms with van der Waals surface area (Å²) in [6.07, 6.45) is 3.59. The minimum atomic E-state index is -1.04. The fraction of sp³-hybridized carbons (Fsp3) is 0.474. The average Bonchev–Trinajstić information content (AvgIpc) is 2.67.